The third kappa shape index (κ3) is 4.09. The standard InChI is InChI=1S/C30H33N4O/c1-18-12-13-19-20-14-15-21(27-32-23(29(2,3)4)17-24(33-27)30(5,6)7)31-28(20)35-26(19)25(18)22-11-9-10-16-34(22)8/h9-17H,1-8H3/q+1. The molecular formula is C30H33N4O+. The first-order valence-electron chi connectivity index (χ1n) is 12.1. The van der Waals surface area contributed by atoms with Crippen molar-refractivity contribution in [1.29, 1.82) is 0 Å². The maximum atomic E-state index is 6.45. The number of pyridine rings is 2. The summed E-state index contributed by atoms with van der Waals surface area (Å²) in [7, 11) is 2.05. The van der Waals surface area contributed by atoms with Crippen LogP contribution in [0.1, 0.15) is 58.5 Å². The van der Waals surface area contributed by atoms with E-state index in [2.05, 4.69) is 103 Å². The molecule has 4 aromatic heterocycles. The Morgan fingerprint density at radius 2 is 1.43 bits per heavy atom. The van der Waals surface area contributed by atoms with Gasteiger partial charge in [0, 0.05) is 33.7 Å². The zero-order chi connectivity index (χ0) is 25.1. The number of furan rings is 1. The van der Waals surface area contributed by atoms with Crippen molar-refractivity contribution in [3.8, 4) is 22.8 Å². The van der Waals surface area contributed by atoms with Crippen LogP contribution in [0.4, 0.5) is 0 Å². The average molecular weight is 466 g/mol. The zero-order valence-corrected chi connectivity index (χ0v) is 21.9. The van der Waals surface area contributed by atoms with E-state index < -0.39 is 0 Å². The summed E-state index contributed by atoms with van der Waals surface area (Å²) in [5.41, 5.74) is 7.35. The molecule has 0 aliphatic carbocycles. The maximum absolute atomic E-state index is 6.45. The van der Waals surface area contributed by atoms with Crippen molar-refractivity contribution in [2.45, 2.75) is 59.3 Å². The van der Waals surface area contributed by atoms with Crippen molar-refractivity contribution >= 4 is 22.1 Å². The van der Waals surface area contributed by atoms with Crippen LogP contribution in [-0.2, 0) is 17.9 Å². The minimum Gasteiger partial charge on any atom is -0.437 e. The van der Waals surface area contributed by atoms with Gasteiger partial charge in [-0.25, -0.2) is 19.5 Å². The zero-order valence-electron chi connectivity index (χ0n) is 21.9. The molecule has 0 radical (unpaired) electrons. The number of aromatic nitrogens is 4. The Kier molecular flexibility index (Phi) is 5.28. The quantitative estimate of drug-likeness (QED) is 0.268. The van der Waals surface area contributed by atoms with Gasteiger partial charge in [-0.05, 0) is 36.8 Å². The summed E-state index contributed by atoms with van der Waals surface area (Å²) in [6.45, 7) is 15.2. The van der Waals surface area contributed by atoms with Gasteiger partial charge in [-0.15, -0.1) is 0 Å². The van der Waals surface area contributed by atoms with Crippen LogP contribution in [0.3, 0.4) is 0 Å². The molecule has 178 valence electrons. The summed E-state index contributed by atoms with van der Waals surface area (Å²) in [6, 6.07) is 16.7. The molecule has 0 atom stereocenters. The molecule has 0 amide bonds. The largest absolute Gasteiger partial charge is 0.437 e. The topological polar surface area (TPSA) is 55.7 Å². The van der Waals surface area contributed by atoms with Gasteiger partial charge in [0.15, 0.2) is 17.6 Å². The normalized spacial score (nSPS) is 12.6. The molecule has 4 heterocycles. The third-order valence-electron chi connectivity index (χ3n) is 6.52. The minimum atomic E-state index is -0.0984. The minimum absolute atomic E-state index is 0.0984. The van der Waals surface area contributed by atoms with E-state index in [1.807, 2.05) is 12.1 Å². The summed E-state index contributed by atoms with van der Waals surface area (Å²) in [5, 5.41) is 2.05. The smallest absolute Gasteiger partial charge is 0.228 e. The number of nitrogens with zero attached hydrogens (tertiary/aromatic N) is 4. The Balaban J connectivity index is 1.74. The van der Waals surface area contributed by atoms with Gasteiger partial charge in [0.05, 0.1) is 17.0 Å². The molecule has 35 heavy (non-hydrogen) atoms. The molecule has 0 unspecified atom stereocenters. The SMILES string of the molecule is Cc1ccc2c(oc3nc(-c4nc(C(C)(C)C)cc(C(C)(C)C)n4)ccc32)c1-c1cccc[n+]1C. The molecule has 5 heteroatoms. The number of hydrogen-bond donors (Lipinski definition) is 0. The first-order valence-corrected chi connectivity index (χ1v) is 12.1. The molecule has 5 nitrogen and oxygen atoms in total. The van der Waals surface area contributed by atoms with Crippen LogP contribution in [0.5, 0.6) is 0 Å². The van der Waals surface area contributed by atoms with Crippen LogP contribution in [-0.4, -0.2) is 15.0 Å². The molecule has 0 aliphatic rings. The van der Waals surface area contributed by atoms with E-state index in [4.69, 9.17) is 19.4 Å². The van der Waals surface area contributed by atoms with Crippen LogP contribution in [0.15, 0.2) is 59.1 Å². The van der Waals surface area contributed by atoms with Crippen LogP contribution < -0.4 is 4.57 Å². The van der Waals surface area contributed by atoms with Crippen molar-refractivity contribution in [2.75, 3.05) is 0 Å². The Morgan fingerprint density at radius 1 is 0.771 bits per heavy atom. The van der Waals surface area contributed by atoms with E-state index in [1.165, 1.54) is 0 Å². The van der Waals surface area contributed by atoms with Crippen molar-refractivity contribution in [3.63, 3.8) is 0 Å². The Morgan fingerprint density at radius 3 is 2.06 bits per heavy atom. The molecule has 5 aromatic rings. The molecular weight excluding hydrogens is 432 g/mol. The number of benzene rings is 1. The molecule has 0 aliphatic heterocycles. The van der Waals surface area contributed by atoms with E-state index in [-0.39, 0.29) is 10.8 Å². The highest BCUT2D eigenvalue weighted by atomic mass is 16.3. The van der Waals surface area contributed by atoms with Gasteiger partial charge in [-0.1, -0.05) is 53.7 Å². The second kappa shape index (κ2) is 7.98. The van der Waals surface area contributed by atoms with Crippen molar-refractivity contribution in [3.05, 3.63) is 71.7 Å². The highest BCUT2D eigenvalue weighted by molar-refractivity contribution is 6.09. The summed E-state index contributed by atoms with van der Waals surface area (Å²) in [6.07, 6.45) is 2.05. The second-order valence-electron chi connectivity index (χ2n) is 11.4. The van der Waals surface area contributed by atoms with Gasteiger partial charge in [-0.3, -0.25) is 0 Å². The molecule has 1 aromatic carbocycles. The molecule has 0 fully saturated rings. The summed E-state index contributed by atoms with van der Waals surface area (Å²) in [4.78, 5) is 14.8. The predicted molar refractivity (Wildman–Crippen MR) is 141 cm³/mol. The molecule has 0 N–H and O–H groups in total. The first kappa shape index (κ1) is 23.2. The predicted octanol–water partition coefficient (Wildman–Crippen LogP) is 6.83. The van der Waals surface area contributed by atoms with Crippen LogP contribution >= 0.6 is 0 Å². The lowest BCUT2D eigenvalue weighted by molar-refractivity contribution is -0.660. The van der Waals surface area contributed by atoms with Gasteiger partial charge in [0.2, 0.25) is 11.4 Å². The monoisotopic (exact) mass is 465 g/mol. The lowest BCUT2D eigenvalue weighted by atomic mass is 9.86. The van der Waals surface area contributed by atoms with Gasteiger partial charge < -0.3 is 4.42 Å². The van der Waals surface area contributed by atoms with Crippen molar-refractivity contribution in [1.82, 2.24) is 15.0 Å². The maximum Gasteiger partial charge on any atom is 0.228 e. The Bertz CT molecular complexity index is 1550. The van der Waals surface area contributed by atoms with Crippen LogP contribution in [0, 0.1) is 6.92 Å². The van der Waals surface area contributed by atoms with Crippen molar-refractivity contribution < 1.29 is 8.98 Å². The van der Waals surface area contributed by atoms with E-state index in [0.717, 1.165) is 50.3 Å². The van der Waals surface area contributed by atoms with E-state index in [0.29, 0.717) is 11.5 Å². The average Bonchev–Trinajstić information content (AvgIpc) is 3.16. The molecule has 0 spiro atoms. The molecule has 0 saturated heterocycles. The summed E-state index contributed by atoms with van der Waals surface area (Å²) < 4.78 is 8.57. The number of hydrogen-bond acceptors (Lipinski definition) is 4. The van der Waals surface area contributed by atoms with Gasteiger partial charge in [0.1, 0.15) is 12.7 Å². The molecule has 0 bridgehead atoms. The van der Waals surface area contributed by atoms with Gasteiger partial charge >= 0.3 is 0 Å². The fourth-order valence-corrected chi connectivity index (χ4v) is 4.38. The lowest BCUT2D eigenvalue weighted by Gasteiger charge is -2.24. The lowest BCUT2D eigenvalue weighted by Crippen LogP contribution is -2.30. The van der Waals surface area contributed by atoms with E-state index >= 15 is 0 Å². The number of aryl methyl sites for hydroxylation is 2. The Labute approximate surface area is 206 Å². The summed E-state index contributed by atoms with van der Waals surface area (Å²) in [5.74, 6) is 0.635. The highest BCUT2D eigenvalue weighted by Gasteiger charge is 2.25. The molecule has 0 saturated carbocycles. The fourth-order valence-electron chi connectivity index (χ4n) is 4.38. The van der Waals surface area contributed by atoms with E-state index in [1.54, 1.807) is 0 Å². The summed E-state index contributed by atoms with van der Waals surface area (Å²) >= 11 is 0. The first-order chi connectivity index (χ1) is 16.4. The van der Waals surface area contributed by atoms with E-state index in [9.17, 15) is 0 Å². The van der Waals surface area contributed by atoms with Crippen LogP contribution in [0.25, 0.3) is 44.8 Å². The third-order valence-corrected chi connectivity index (χ3v) is 6.52. The Hall–Kier alpha value is -3.60. The highest BCUT2D eigenvalue weighted by Crippen LogP contribution is 2.37. The van der Waals surface area contributed by atoms with Crippen LogP contribution in [0.2, 0.25) is 0 Å². The van der Waals surface area contributed by atoms with Gasteiger partial charge in [0.25, 0.3) is 0 Å². The number of fused-ring (bicyclic) bond motifs is 3. The second-order valence-corrected chi connectivity index (χ2v) is 11.4. The van der Waals surface area contributed by atoms with Gasteiger partial charge in [-0.2, -0.15) is 0 Å². The van der Waals surface area contributed by atoms with Crippen molar-refractivity contribution in [2.24, 2.45) is 7.05 Å². The number of rotatable bonds is 2. The fraction of sp³-hybridized carbons (Fsp3) is 0.333. The molecule has 5 rings (SSSR count).